The van der Waals surface area contributed by atoms with Gasteiger partial charge in [-0.05, 0) is 104 Å². The fraction of sp³-hybridized carbons (Fsp3) is 0.897. The molecule has 4 aliphatic rings. The van der Waals surface area contributed by atoms with Crippen molar-refractivity contribution in [3.8, 4) is 0 Å². The Morgan fingerprint density at radius 1 is 1.03 bits per heavy atom. The summed E-state index contributed by atoms with van der Waals surface area (Å²) in [5.74, 6) is 4.90. The Balaban J connectivity index is 1.52. The van der Waals surface area contributed by atoms with E-state index in [0.29, 0.717) is 23.0 Å². The van der Waals surface area contributed by atoms with Gasteiger partial charge in [-0.2, -0.15) is 0 Å². The molecule has 0 bridgehead atoms. The maximum atomic E-state index is 13.5. The second-order valence-electron chi connectivity index (χ2n) is 12.8. The SMILES string of the molecule is CCC(CC[C@@H](C)[C@H]1CCC2C3C(=O)C=C4C[C@@H](O)CC[C@]4(C)C3CC[C@@]21C)C(C)C. The van der Waals surface area contributed by atoms with E-state index in [1.165, 1.54) is 50.5 Å². The number of allylic oxidation sites excluding steroid dienone is 1. The van der Waals surface area contributed by atoms with Gasteiger partial charge in [0, 0.05) is 5.92 Å². The summed E-state index contributed by atoms with van der Waals surface area (Å²) in [6.07, 6.45) is 13.5. The van der Waals surface area contributed by atoms with Crippen molar-refractivity contribution in [3.05, 3.63) is 11.6 Å². The van der Waals surface area contributed by atoms with Crippen LogP contribution in [0.1, 0.15) is 106 Å². The first-order valence-corrected chi connectivity index (χ1v) is 13.5. The van der Waals surface area contributed by atoms with E-state index in [-0.39, 0.29) is 17.4 Å². The molecule has 9 atom stereocenters. The summed E-state index contributed by atoms with van der Waals surface area (Å²) in [6, 6.07) is 0. The molecule has 0 spiro atoms. The van der Waals surface area contributed by atoms with E-state index < -0.39 is 0 Å². The summed E-state index contributed by atoms with van der Waals surface area (Å²) in [5.41, 5.74) is 1.75. The van der Waals surface area contributed by atoms with Crippen LogP contribution < -0.4 is 0 Å². The quantitative estimate of drug-likeness (QED) is 0.485. The maximum absolute atomic E-state index is 13.5. The molecule has 0 aliphatic heterocycles. The molecule has 4 aliphatic carbocycles. The summed E-state index contributed by atoms with van der Waals surface area (Å²) in [6.45, 7) is 14.6. The number of rotatable bonds is 6. The molecule has 176 valence electrons. The number of carbonyl (C=O) groups excluding carboxylic acids is 1. The highest BCUT2D eigenvalue weighted by Gasteiger charge is 2.61. The highest BCUT2D eigenvalue weighted by molar-refractivity contribution is 5.94. The summed E-state index contributed by atoms with van der Waals surface area (Å²) in [7, 11) is 0. The van der Waals surface area contributed by atoms with Crippen LogP contribution in [-0.4, -0.2) is 17.0 Å². The number of fused-ring (bicyclic) bond motifs is 5. The highest BCUT2D eigenvalue weighted by Crippen LogP contribution is 2.66. The topological polar surface area (TPSA) is 37.3 Å². The lowest BCUT2D eigenvalue weighted by molar-refractivity contribution is -0.135. The van der Waals surface area contributed by atoms with Gasteiger partial charge in [0.25, 0.3) is 0 Å². The molecule has 3 saturated carbocycles. The number of aliphatic hydroxyl groups is 1. The van der Waals surface area contributed by atoms with E-state index in [2.05, 4.69) is 41.5 Å². The second-order valence-corrected chi connectivity index (χ2v) is 12.8. The Bertz CT molecular complexity index is 708. The molecule has 0 amide bonds. The van der Waals surface area contributed by atoms with Crippen molar-refractivity contribution in [2.24, 2.45) is 52.3 Å². The fourth-order valence-corrected chi connectivity index (χ4v) is 9.04. The highest BCUT2D eigenvalue weighted by atomic mass is 16.3. The Morgan fingerprint density at radius 3 is 2.45 bits per heavy atom. The van der Waals surface area contributed by atoms with Gasteiger partial charge in [0.15, 0.2) is 5.78 Å². The lowest BCUT2D eigenvalue weighted by atomic mass is 9.46. The van der Waals surface area contributed by atoms with E-state index in [9.17, 15) is 9.90 Å². The predicted molar refractivity (Wildman–Crippen MR) is 129 cm³/mol. The number of hydrogen-bond acceptors (Lipinski definition) is 2. The van der Waals surface area contributed by atoms with Crippen LogP contribution >= 0.6 is 0 Å². The third-order valence-corrected chi connectivity index (χ3v) is 11.1. The third kappa shape index (κ3) is 3.87. The lowest BCUT2D eigenvalue weighted by Crippen LogP contribution is -2.53. The van der Waals surface area contributed by atoms with Gasteiger partial charge in [-0.3, -0.25) is 4.79 Å². The Morgan fingerprint density at radius 2 is 1.77 bits per heavy atom. The van der Waals surface area contributed by atoms with Crippen LogP contribution in [0.2, 0.25) is 0 Å². The van der Waals surface area contributed by atoms with Crippen molar-refractivity contribution in [3.63, 3.8) is 0 Å². The minimum atomic E-state index is -0.243. The molecule has 3 fully saturated rings. The van der Waals surface area contributed by atoms with Gasteiger partial charge in [0.1, 0.15) is 0 Å². The molecule has 4 rings (SSSR count). The van der Waals surface area contributed by atoms with E-state index in [4.69, 9.17) is 0 Å². The minimum Gasteiger partial charge on any atom is -0.393 e. The van der Waals surface area contributed by atoms with Crippen LogP contribution in [0.5, 0.6) is 0 Å². The molecule has 2 nitrogen and oxygen atoms in total. The van der Waals surface area contributed by atoms with Crippen LogP contribution in [0.4, 0.5) is 0 Å². The molecule has 0 heterocycles. The summed E-state index contributed by atoms with van der Waals surface area (Å²) >= 11 is 0. The van der Waals surface area contributed by atoms with Gasteiger partial charge in [-0.15, -0.1) is 0 Å². The molecule has 0 aromatic rings. The average molecular weight is 429 g/mol. The second kappa shape index (κ2) is 8.62. The molecule has 0 aromatic heterocycles. The third-order valence-electron chi connectivity index (χ3n) is 11.1. The van der Waals surface area contributed by atoms with Crippen LogP contribution in [-0.2, 0) is 4.79 Å². The molecule has 31 heavy (non-hydrogen) atoms. The molecule has 4 unspecified atom stereocenters. The molecular formula is C29H48O2. The largest absolute Gasteiger partial charge is 0.393 e. The first-order valence-electron chi connectivity index (χ1n) is 13.5. The number of aliphatic hydroxyl groups excluding tert-OH is 1. The normalized spacial score (nSPS) is 44.3. The zero-order chi connectivity index (χ0) is 22.6. The number of carbonyl (C=O) groups is 1. The summed E-state index contributed by atoms with van der Waals surface area (Å²) in [4.78, 5) is 13.5. The Labute approximate surface area is 191 Å². The lowest BCUT2D eigenvalue weighted by Gasteiger charge is -2.57. The van der Waals surface area contributed by atoms with Crippen LogP contribution in [0, 0.1) is 52.3 Å². The number of hydrogen-bond donors (Lipinski definition) is 1. The van der Waals surface area contributed by atoms with Gasteiger partial charge >= 0.3 is 0 Å². The van der Waals surface area contributed by atoms with Crippen molar-refractivity contribution in [1.29, 1.82) is 0 Å². The van der Waals surface area contributed by atoms with Gasteiger partial charge in [-0.25, -0.2) is 0 Å². The molecule has 2 heteroatoms. The minimum absolute atomic E-state index is 0.147. The standard InChI is InChI=1S/C29H48O2/c1-7-20(18(2)3)9-8-19(4)23-10-11-24-27-25(13-15-29(23,24)6)28(5)14-12-22(30)16-21(28)17-26(27)31/h17-20,22-25,27,30H,7-16H2,1-6H3/t19-,20?,22+,23-,24?,25?,27?,28+,29-/m1/s1. The molecule has 0 saturated heterocycles. The fourth-order valence-electron chi connectivity index (χ4n) is 9.04. The van der Waals surface area contributed by atoms with Crippen LogP contribution in [0.3, 0.4) is 0 Å². The Hall–Kier alpha value is -0.630. The molecular weight excluding hydrogens is 380 g/mol. The van der Waals surface area contributed by atoms with Crippen molar-refractivity contribution in [2.45, 2.75) is 112 Å². The molecule has 1 N–H and O–H groups in total. The van der Waals surface area contributed by atoms with Crippen molar-refractivity contribution >= 4 is 5.78 Å². The van der Waals surface area contributed by atoms with E-state index in [0.717, 1.165) is 42.9 Å². The van der Waals surface area contributed by atoms with E-state index >= 15 is 0 Å². The van der Waals surface area contributed by atoms with E-state index in [1.807, 2.05) is 6.08 Å². The molecule has 0 radical (unpaired) electrons. The van der Waals surface area contributed by atoms with Crippen molar-refractivity contribution in [1.82, 2.24) is 0 Å². The summed E-state index contributed by atoms with van der Waals surface area (Å²) in [5, 5.41) is 10.2. The first-order chi connectivity index (χ1) is 14.6. The van der Waals surface area contributed by atoms with Gasteiger partial charge < -0.3 is 5.11 Å². The maximum Gasteiger partial charge on any atom is 0.159 e. The van der Waals surface area contributed by atoms with Gasteiger partial charge in [-0.1, -0.05) is 60.0 Å². The van der Waals surface area contributed by atoms with Crippen LogP contribution in [0.15, 0.2) is 11.6 Å². The van der Waals surface area contributed by atoms with Crippen molar-refractivity contribution < 1.29 is 9.90 Å². The smallest absolute Gasteiger partial charge is 0.159 e. The predicted octanol–water partition coefficient (Wildman–Crippen LogP) is 7.20. The molecule has 0 aromatic carbocycles. The Kier molecular flexibility index (Phi) is 6.54. The average Bonchev–Trinajstić information content (AvgIpc) is 3.06. The van der Waals surface area contributed by atoms with Crippen molar-refractivity contribution in [2.75, 3.05) is 0 Å². The first kappa shape index (κ1) is 23.5. The summed E-state index contributed by atoms with van der Waals surface area (Å²) < 4.78 is 0. The zero-order valence-corrected chi connectivity index (χ0v) is 21.1. The zero-order valence-electron chi connectivity index (χ0n) is 21.1. The van der Waals surface area contributed by atoms with Gasteiger partial charge in [0.2, 0.25) is 0 Å². The van der Waals surface area contributed by atoms with Crippen LogP contribution in [0.25, 0.3) is 0 Å². The van der Waals surface area contributed by atoms with Gasteiger partial charge in [0.05, 0.1) is 6.10 Å². The monoisotopic (exact) mass is 428 g/mol. The van der Waals surface area contributed by atoms with E-state index in [1.54, 1.807) is 0 Å². The number of ketones is 1.